The predicted octanol–water partition coefficient (Wildman–Crippen LogP) is 2.29. The highest BCUT2D eigenvalue weighted by molar-refractivity contribution is 6.33. The first-order chi connectivity index (χ1) is 7.20. The third-order valence-electron chi connectivity index (χ3n) is 2.08. The molecular weight excluding hydrogens is 222 g/mol. The molecule has 1 fully saturated rings. The zero-order chi connectivity index (χ0) is 10.8. The molecule has 0 bridgehead atoms. The van der Waals surface area contributed by atoms with Crippen LogP contribution in [0.25, 0.3) is 0 Å². The van der Waals surface area contributed by atoms with Crippen molar-refractivity contribution >= 4 is 17.3 Å². The molecule has 1 saturated heterocycles. The van der Waals surface area contributed by atoms with Crippen LogP contribution < -0.4 is 0 Å². The van der Waals surface area contributed by atoms with Gasteiger partial charge < -0.3 is 9.47 Å². The SMILES string of the molecule is O=[N+]([O-])c1cccc(C2OCCO2)c1Cl. The van der Waals surface area contributed by atoms with Gasteiger partial charge in [-0.3, -0.25) is 10.1 Å². The molecule has 0 atom stereocenters. The van der Waals surface area contributed by atoms with Crippen molar-refractivity contribution in [2.75, 3.05) is 13.2 Å². The lowest BCUT2D eigenvalue weighted by Crippen LogP contribution is -2.01. The first-order valence-corrected chi connectivity index (χ1v) is 4.74. The molecule has 0 radical (unpaired) electrons. The van der Waals surface area contributed by atoms with Crippen LogP contribution in [0.4, 0.5) is 5.69 Å². The molecule has 0 unspecified atom stereocenters. The molecule has 1 aliphatic heterocycles. The molecular formula is C9H8ClNO4. The Morgan fingerprint density at radius 3 is 2.67 bits per heavy atom. The molecule has 1 heterocycles. The summed E-state index contributed by atoms with van der Waals surface area (Å²) in [6.07, 6.45) is -0.586. The average Bonchev–Trinajstić information content (AvgIpc) is 2.70. The van der Waals surface area contributed by atoms with Crippen molar-refractivity contribution in [3.05, 3.63) is 38.9 Å². The Hall–Kier alpha value is -1.17. The standard InChI is InChI=1S/C9H8ClNO4/c10-8-6(9-14-4-5-15-9)2-1-3-7(8)11(12)13/h1-3,9H,4-5H2. The highest BCUT2D eigenvalue weighted by Crippen LogP contribution is 2.35. The van der Waals surface area contributed by atoms with Crippen molar-refractivity contribution < 1.29 is 14.4 Å². The summed E-state index contributed by atoms with van der Waals surface area (Å²) in [5.41, 5.74) is 0.372. The Morgan fingerprint density at radius 1 is 1.40 bits per heavy atom. The molecule has 1 aliphatic rings. The Kier molecular flexibility index (Phi) is 2.86. The Morgan fingerprint density at radius 2 is 2.07 bits per heavy atom. The highest BCUT2D eigenvalue weighted by Gasteiger charge is 2.25. The fourth-order valence-electron chi connectivity index (χ4n) is 1.40. The molecule has 0 spiro atoms. The van der Waals surface area contributed by atoms with Gasteiger partial charge in [-0.25, -0.2) is 0 Å². The van der Waals surface area contributed by atoms with E-state index < -0.39 is 11.2 Å². The van der Waals surface area contributed by atoms with Gasteiger partial charge in [-0.2, -0.15) is 0 Å². The topological polar surface area (TPSA) is 61.6 Å². The minimum Gasteiger partial charge on any atom is -0.346 e. The molecule has 1 aromatic rings. The van der Waals surface area contributed by atoms with Gasteiger partial charge in [0.25, 0.3) is 5.69 Å². The molecule has 5 nitrogen and oxygen atoms in total. The molecule has 6 heteroatoms. The average molecular weight is 230 g/mol. The van der Waals surface area contributed by atoms with Gasteiger partial charge in [0.05, 0.1) is 18.1 Å². The molecule has 0 aliphatic carbocycles. The number of nitro groups is 1. The van der Waals surface area contributed by atoms with E-state index in [1.54, 1.807) is 12.1 Å². The van der Waals surface area contributed by atoms with E-state index in [0.717, 1.165) is 0 Å². The lowest BCUT2D eigenvalue weighted by atomic mass is 10.2. The number of hydrogen-bond donors (Lipinski definition) is 0. The third-order valence-corrected chi connectivity index (χ3v) is 2.49. The van der Waals surface area contributed by atoms with Crippen LogP contribution in [-0.2, 0) is 9.47 Å². The van der Waals surface area contributed by atoms with E-state index in [1.165, 1.54) is 6.07 Å². The minimum absolute atomic E-state index is 0.0781. The lowest BCUT2D eigenvalue weighted by Gasteiger charge is -2.10. The number of hydrogen-bond acceptors (Lipinski definition) is 4. The van der Waals surface area contributed by atoms with Crippen LogP contribution in [0.3, 0.4) is 0 Å². The van der Waals surface area contributed by atoms with Gasteiger partial charge in [0.2, 0.25) is 0 Å². The molecule has 0 aromatic heterocycles. The third kappa shape index (κ3) is 1.94. The molecule has 80 valence electrons. The van der Waals surface area contributed by atoms with E-state index in [1.807, 2.05) is 0 Å². The van der Waals surface area contributed by atoms with E-state index in [2.05, 4.69) is 0 Å². The molecule has 0 N–H and O–H groups in total. The first-order valence-electron chi connectivity index (χ1n) is 4.36. The van der Waals surface area contributed by atoms with Crippen LogP contribution >= 0.6 is 11.6 Å². The lowest BCUT2D eigenvalue weighted by molar-refractivity contribution is -0.384. The van der Waals surface area contributed by atoms with Gasteiger partial charge in [0, 0.05) is 11.6 Å². The minimum atomic E-state index is -0.586. The van der Waals surface area contributed by atoms with Gasteiger partial charge in [-0.15, -0.1) is 0 Å². The van der Waals surface area contributed by atoms with Crippen LogP contribution in [0.1, 0.15) is 11.9 Å². The normalized spacial score (nSPS) is 16.9. The summed E-state index contributed by atoms with van der Waals surface area (Å²) in [4.78, 5) is 10.1. The molecule has 0 amide bonds. The summed E-state index contributed by atoms with van der Waals surface area (Å²) in [6, 6.07) is 4.57. The maximum absolute atomic E-state index is 10.6. The van der Waals surface area contributed by atoms with Gasteiger partial charge in [-0.1, -0.05) is 23.7 Å². The number of benzene rings is 1. The predicted molar refractivity (Wildman–Crippen MR) is 52.8 cm³/mol. The number of rotatable bonds is 2. The molecule has 1 aromatic carbocycles. The van der Waals surface area contributed by atoms with Gasteiger partial charge in [-0.05, 0) is 0 Å². The molecule has 0 saturated carbocycles. The van der Waals surface area contributed by atoms with Gasteiger partial charge in [0.15, 0.2) is 6.29 Å². The number of nitro benzene ring substituents is 1. The Bertz CT molecular complexity index is 390. The van der Waals surface area contributed by atoms with Crippen molar-refractivity contribution in [1.29, 1.82) is 0 Å². The van der Waals surface area contributed by atoms with Crippen molar-refractivity contribution in [1.82, 2.24) is 0 Å². The zero-order valence-electron chi connectivity index (χ0n) is 7.68. The largest absolute Gasteiger partial charge is 0.346 e. The fourth-order valence-corrected chi connectivity index (χ4v) is 1.68. The molecule has 15 heavy (non-hydrogen) atoms. The van der Waals surface area contributed by atoms with Crippen molar-refractivity contribution in [3.63, 3.8) is 0 Å². The van der Waals surface area contributed by atoms with Crippen molar-refractivity contribution in [2.45, 2.75) is 6.29 Å². The summed E-state index contributed by atoms with van der Waals surface area (Å²) >= 11 is 5.88. The number of nitrogens with zero attached hydrogens (tertiary/aromatic N) is 1. The van der Waals surface area contributed by atoms with E-state index in [-0.39, 0.29) is 10.7 Å². The first kappa shape index (κ1) is 10.4. The van der Waals surface area contributed by atoms with Crippen LogP contribution in [-0.4, -0.2) is 18.1 Å². The van der Waals surface area contributed by atoms with Crippen molar-refractivity contribution in [3.8, 4) is 0 Å². The Balaban J connectivity index is 2.39. The summed E-state index contributed by atoms with van der Waals surface area (Å²) in [7, 11) is 0. The monoisotopic (exact) mass is 229 g/mol. The van der Waals surface area contributed by atoms with E-state index in [0.29, 0.717) is 18.8 Å². The smallest absolute Gasteiger partial charge is 0.288 e. The van der Waals surface area contributed by atoms with E-state index in [9.17, 15) is 10.1 Å². The maximum atomic E-state index is 10.6. The van der Waals surface area contributed by atoms with Gasteiger partial charge in [0.1, 0.15) is 5.02 Å². The van der Waals surface area contributed by atoms with E-state index in [4.69, 9.17) is 21.1 Å². The number of ether oxygens (including phenoxy) is 2. The Labute approximate surface area is 90.7 Å². The number of halogens is 1. The van der Waals surface area contributed by atoms with Crippen LogP contribution in [0, 0.1) is 10.1 Å². The maximum Gasteiger partial charge on any atom is 0.288 e. The highest BCUT2D eigenvalue weighted by atomic mass is 35.5. The summed E-state index contributed by atoms with van der Waals surface area (Å²) in [6.45, 7) is 0.952. The second kappa shape index (κ2) is 4.14. The van der Waals surface area contributed by atoms with Gasteiger partial charge >= 0.3 is 0 Å². The quantitative estimate of drug-likeness (QED) is 0.577. The summed E-state index contributed by atoms with van der Waals surface area (Å²) in [5, 5.41) is 10.7. The fraction of sp³-hybridized carbons (Fsp3) is 0.333. The molecule has 2 rings (SSSR count). The summed E-state index contributed by atoms with van der Waals surface area (Å²) in [5.74, 6) is 0. The summed E-state index contributed by atoms with van der Waals surface area (Å²) < 4.78 is 10.5. The van der Waals surface area contributed by atoms with Crippen LogP contribution in [0.2, 0.25) is 5.02 Å². The van der Waals surface area contributed by atoms with Crippen molar-refractivity contribution in [2.24, 2.45) is 0 Å². The second-order valence-corrected chi connectivity index (χ2v) is 3.39. The van der Waals surface area contributed by atoms with Crippen LogP contribution in [0.5, 0.6) is 0 Å². The van der Waals surface area contributed by atoms with E-state index >= 15 is 0 Å². The van der Waals surface area contributed by atoms with Crippen LogP contribution in [0.15, 0.2) is 18.2 Å². The second-order valence-electron chi connectivity index (χ2n) is 3.01. The zero-order valence-corrected chi connectivity index (χ0v) is 8.44.